The van der Waals surface area contributed by atoms with Crippen LogP contribution in [0, 0.1) is 11.3 Å². The second-order valence-electron chi connectivity index (χ2n) is 4.93. The van der Waals surface area contributed by atoms with Gasteiger partial charge in [0, 0.05) is 18.6 Å². The lowest BCUT2D eigenvalue weighted by Crippen LogP contribution is -2.50. The molecule has 17 heavy (non-hydrogen) atoms. The van der Waals surface area contributed by atoms with E-state index in [0.29, 0.717) is 24.1 Å². The maximum absolute atomic E-state index is 11.5. The lowest BCUT2D eigenvalue weighted by atomic mass is 10.0. The zero-order valence-electron chi connectivity index (χ0n) is 9.93. The van der Waals surface area contributed by atoms with E-state index in [9.17, 15) is 8.42 Å². The third kappa shape index (κ3) is 3.41. The highest BCUT2D eigenvalue weighted by Gasteiger charge is 2.34. The topological polar surface area (TPSA) is 73.2 Å². The molecule has 0 aromatic carbocycles. The standard InChI is InChI=1S/C11H19N3O2S/c12-4-5-13-10-2-1-6-14(8-10)11-3-7-17(15,16)9-11/h10-11,13H,1-3,5-9H2. The molecule has 6 heteroatoms. The van der Waals surface area contributed by atoms with Gasteiger partial charge >= 0.3 is 0 Å². The predicted molar refractivity (Wildman–Crippen MR) is 65.3 cm³/mol. The Morgan fingerprint density at radius 3 is 2.88 bits per heavy atom. The van der Waals surface area contributed by atoms with Crippen LogP contribution in [0.15, 0.2) is 0 Å². The average Bonchev–Trinajstić information content (AvgIpc) is 2.67. The maximum atomic E-state index is 11.5. The van der Waals surface area contributed by atoms with E-state index in [4.69, 9.17) is 5.26 Å². The number of rotatable bonds is 3. The van der Waals surface area contributed by atoms with E-state index in [0.717, 1.165) is 32.4 Å². The summed E-state index contributed by atoms with van der Waals surface area (Å²) in [5.74, 6) is 0.655. The number of likely N-dealkylation sites (tertiary alicyclic amines) is 1. The minimum absolute atomic E-state index is 0.201. The first kappa shape index (κ1) is 12.8. The van der Waals surface area contributed by atoms with Crippen molar-refractivity contribution in [2.24, 2.45) is 0 Å². The molecule has 5 nitrogen and oxygen atoms in total. The van der Waals surface area contributed by atoms with Crippen molar-refractivity contribution in [3.63, 3.8) is 0 Å². The van der Waals surface area contributed by atoms with Crippen molar-refractivity contribution < 1.29 is 8.42 Å². The van der Waals surface area contributed by atoms with Crippen LogP contribution in [-0.4, -0.2) is 56.5 Å². The smallest absolute Gasteiger partial charge is 0.151 e. The van der Waals surface area contributed by atoms with Gasteiger partial charge < -0.3 is 5.32 Å². The SMILES string of the molecule is N#CCNC1CCCN(C2CCS(=O)(=O)C2)C1. The average molecular weight is 257 g/mol. The predicted octanol–water partition coefficient (Wildman–Crippen LogP) is -0.249. The highest BCUT2D eigenvalue weighted by molar-refractivity contribution is 7.91. The zero-order chi connectivity index (χ0) is 12.3. The van der Waals surface area contributed by atoms with Crippen molar-refractivity contribution in [2.45, 2.75) is 31.3 Å². The quantitative estimate of drug-likeness (QED) is 0.706. The molecule has 0 bridgehead atoms. The van der Waals surface area contributed by atoms with Gasteiger partial charge in [0.2, 0.25) is 0 Å². The maximum Gasteiger partial charge on any atom is 0.151 e. The molecule has 0 amide bonds. The molecule has 96 valence electrons. The molecule has 0 saturated carbocycles. The van der Waals surface area contributed by atoms with E-state index in [1.54, 1.807) is 0 Å². The summed E-state index contributed by atoms with van der Waals surface area (Å²) in [7, 11) is -2.79. The summed E-state index contributed by atoms with van der Waals surface area (Å²) in [5.41, 5.74) is 0. The number of nitriles is 1. The van der Waals surface area contributed by atoms with Crippen LogP contribution < -0.4 is 5.32 Å². The van der Waals surface area contributed by atoms with E-state index in [2.05, 4.69) is 16.3 Å². The molecule has 2 saturated heterocycles. The van der Waals surface area contributed by atoms with Gasteiger partial charge in [0.05, 0.1) is 24.1 Å². The Bertz CT molecular complexity index is 401. The molecule has 2 aliphatic heterocycles. The van der Waals surface area contributed by atoms with Crippen molar-refractivity contribution in [3.05, 3.63) is 0 Å². The van der Waals surface area contributed by atoms with Gasteiger partial charge in [0.1, 0.15) is 0 Å². The number of sulfone groups is 1. The van der Waals surface area contributed by atoms with Gasteiger partial charge in [-0.2, -0.15) is 5.26 Å². The molecule has 0 radical (unpaired) electrons. The van der Waals surface area contributed by atoms with Gasteiger partial charge in [-0.05, 0) is 25.8 Å². The number of nitrogens with one attached hydrogen (secondary N) is 1. The van der Waals surface area contributed by atoms with Gasteiger partial charge in [-0.25, -0.2) is 8.42 Å². The Kier molecular flexibility index (Phi) is 4.02. The van der Waals surface area contributed by atoms with Crippen molar-refractivity contribution in [1.82, 2.24) is 10.2 Å². The number of nitrogens with zero attached hydrogens (tertiary/aromatic N) is 2. The van der Waals surface area contributed by atoms with Crippen molar-refractivity contribution in [3.8, 4) is 6.07 Å². The highest BCUT2D eigenvalue weighted by Crippen LogP contribution is 2.21. The van der Waals surface area contributed by atoms with E-state index in [1.807, 2.05) is 0 Å². The van der Waals surface area contributed by atoms with Gasteiger partial charge in [-0.1, -0.05) is 0 Å². The Hall–Kier alpha value is -0.640. The van der Waals surface area contributed by atoms with Crippen LogP contribution in [0.4, 0.5) is 0 Å². The van der Waals surface area contributed by atoms with Gasteiger partial charge in [-0.15, -0.1) is 0 Å². The van der Waals surface area contributed by atoms with E-state index < -0.39 is 9.84 Å². The summed E-state index contributed by atoms with van der Waals surface area (Å²) in [5, 5.41) is 11.7. The summed E-state index contributed by atoms with van der Waals surface area (Å²) < 4.78 is 22.9. The number of piperidine rings is 1. The molecule has 0 spiro atoms. The molecule has 2 aliphatic rings. The molecule has 2 fully saturated rings. The van der Waals surface area contributed by atoms with Crippen molar-refractivity contribution in [1.29, 1.82) is 5.26 Å². The highest BCUT2D eigenvalue weighted by atomic mass is 32.2. The molecular formula is C11H19N3O2S. The van der Waals surface area contributed by atoms with Crippen LogP contribution in [0.3, 0.4) is 0 Å². The van der Waals surface area contributed by atoms with Gasteiger partial charge in [0.15, 0.2) is 9.84 Å². The first-order chi connectivity index (χ1) is 8.11. The van der Waals surface area contributed by atoms with E-state index >= 15 is 0 Å². The van der Waals surface area contributed by atoms with E-state index in [1.165, 1.54) is 0 Å². The largest absolute Gasteiger partial charge is 0.300 e. The lowest BCUT2D eigenvalue weighted by Gasteiger charge is -2.36. The van der Waals surface area contributed by atoms with Gasteiger partial charge in [-0.3, -0.25) is 4.90 Å². The van der Waals surface area contributed by atoms with Crippen LogP contribution in [0.5, 0.6) is 0 Å². The molecule has 2 atom stereocenters. The second kappa shape index (κ2) is 5.34. The molecule has 0 aromatic heterocycles. The normalized spacial score (nSPS) is 33.4. The number of hydrogen-bond acceptors (Lipinski definition) is 5. The van der Waals surface area contributed by atoms with Crippen molar-refractivity contribution >= 4 is 9.84 Å². The van der Waals surface area contributed by atoms with Crippen molar-refractivity contribution in [2.75, 3.05) is 31.1 Å². The molecule has 2 unspecified atom stereocenters. The van der Waals surface area contributed by atoms with Gasteiger partial charge in [0.25, 0.3) is 0 Å². The van der Waals surface area contributed by atoms with Crippen LogP contribution in [-0.2, 0) is 9.84 Å². The van der Waals surface area contributed by atoms with E-state index in [-0.39, 0.29) is 6.04 Å². The Balaban J connectivity index is 1.88. The summed E-state index contributed by atoms with van der Waals surface area (Å²) in [6.45, 7) is 2.24. The van der Waals surface area contributed by atoms with Crippen LogP contribution in [0.2, 0.25) is 0 Å². The number of hydrogen-bond donors (Lipinski definition) is 1. The molecule has 0 aromatic rings. The molecule has 2 heterocycles. The minimum atomic E-state index is -2.79. The fourth-order valence-corrected chi connectivity index (χ4v) is 4.52. The summed E-state index contributed by atoms with van der Waals surface area (Å²) in [6.07, 6.45) is 2.94. The van der Waals surface area contributed by atoms with Crippen LogP contribution >= 0.6 is 0 Å². The fourth-order valence-electron chi connectivity index (χ4n) is 2.76. The third-order valence-corrected chi connectivity index (χ3v) is 5.40. The molecule has 2 rings (SSSR count). The summed E-state index contributed by atoms with van der Waals surface area (Å²) in [6, 6.07) is 2.63. The minimum Gasteiger partial charge on any atom is -0.300 e. The first-order valence-electron chi connectivity index (χ1n) is 6.15. The molecule has 0 aliphatic carbocycles. The Labute approximate surface area is 103 Å². The second-order valence-corrected chi connectivity index (χ2v) is 7.16. The first-order valence-corrected chi connectivity index (χ1v) is 7.98. The lowest BCUT2D eigenvalue weighted by molar-refractivity contribution is 0.150. The fraction of sp³-hybridized carbons (Fsp3) is 0.909. The zero-order valence-corrected chi connectivity index (χ0v) is 10.7. The monoisotopic (exact) mass is 257 g/mol. The van der Waals surface area contributed by atoms with Crippen LogP contribution in [0.1, 0.15) is 19.3 Å². The van der Waals surface area contributed by atoms with Crippen LogP contribution in [0.25, 0.3) is 0 Å². The summed E-state index contributed by atoms with van der Waals surface area (Å²) >= 11 is 0. The Morgan fingerprint density at radius 2 is 2.24 bits per heavy atom. The Morgan fingerprint density at radius 1 is 1.41 bits per heavy atom. The third-order valence-electron chi connectivity index (χ3n) is 3.65. The molecular weight excluding hydrogens is 238 g/mol. The summed E-state index contributed by atoms with van der Waals surface area (Å²) in [4.78, 5) is 2.28. The molecule has 1 N–H and O–H groups in total.